The Morgan fingerprint density at radius 2 is 2.00 bits per heavy atom. The van der Waals surface area contributed by atoms with Gasteiger partial charge in [0.15, 0.2) is 4.34 Å². The van der Waals surface area contributed by atoms with Gasteiger partial charge in [0.1, 0.15) is 0 Å². The van der Waals surface area contributed by atoms with Gasteiger partial charge in [-0.25, -0.2) is 0 Å². The molecule has 154 valence electrons. The van der Waals surface area contributed by atoms with Gasteiger partial charge in [-0.1, -0.05) is 41.3 Å². The second kappa shape index (κ2) is 7.92. The number of carbonyl (C=O) groups is 1. The lowest BCUT2D eigenvalue weighted by atomic mass is 10.1. The molecule has 1 aliphatic carbocycles. The minimum atomic E-state index is -0.264. The van der Waals surface area contributed by atoms with E-state index in [0.29, 0.717) is 6.04 Å². The Labute approximate surface area is 183 Å². The zero-order valence-corrected chi connectivity index (χ0v) is 18.5. The van der Waals surface area contributed by atoms with Crippen LogP contribution in [0.2, 0.25) is 0 Å². The van der Waals surface area contributed by atoms with Crippen LogP contribution in [0, 0.1) is 0 Å². The summed E-state index contributed by atoms with van der Waals surface area (Å²) in [6.45, 7) is 4.96. The van der Waals surface area contributed by atoms with Gasteiger partial charge in [0.2, 0.25) is 11.0 Å². The van der Waals surface area contributed by atoms with E-state index in [1.807, 2.05) is 13.0 Å². The van der Waals surface area contributed by atoms with Crippen LogP contribution < -0.4 is 10.6 Å². The lowest BCUT2D eigenvalue weighted by Crippen LogP contribution is -2.22. The molecular formula is C22H23N5OS2. The Bertz CT molecular complexity index is 1230. The van der Waals surface area contributed by atoms with E-state index in [1.165, 1.54) is 52.4 Å². The first kappa shape index (κ1) is 19.4. The number of aromatic nitrogens is 3. The molecule has 0 saturated heterocycles. The van der Waals surface area contributed by atoms with E-state index in [1.54, 1.807) is 0 Å². The number of hydrogen-bond donors (Lipinski definition) is 2. The van der Waals surface area contributed by atoms with Crippen LogP contribution in [0.5, 0.6) is 0 Å². The molecule has 2 N–H and O–H groups in total. The predicted octanol–water partition coefficient (Wildman–Crippen LogP) is 5.36. The van der Waals surface area contributed by atoms with Crippen LogP contribution >= 0.6 is 23.1 Å². The average Bonchev–Trinajstić information content (AvgIpc) is 3.37. The lowest BCUT2D eigenvalue weighted by Gasteiger charge is -2.11. The minimum Gasteiger partial charge on any atom is -0.357 e. The van der Waals surface area contributed by atoms with Gasteiger partial charge in [-0.15, -0.1) is 10.2 Å². The molecule has 1 unspecified atom stereocenters. The summed E-state index contributed by atoms with van der Waals surface area (Å²) in [4.78, 5) is 12.8. The number of rotatable bonds is 7. The maximum Gasteiger partial charge on any atom is 0.237 e. The first-order chi connectivity index (χ1) is 14.6. The summed E-state index contributed by atoms with van der Waals surface area (Å²) in [6.07, 6.45) is 2.39. The van der Waals surface area contributed by atoms with Crippen LogP contribution in [0.1, 0.15) is 26.7 Å². The van der Waals surface area contributed by atoms with E-state index in [4.69, 9.17) is 0 Å². The van der Waals surface area contributed by atoms with Crippen molar-refractivity contribution < 1.29 is 4.79 Å². The van der Waals surface area contributed by atoms with Crippen molar-refractivity contribution in [1.29, 1.82) is 0 Å². The van der Waals surface area contributed by atoms with Crippen molar-refractivity contribution in [3.8, 4) is 0 Å². The molecule has 1 aliphatic rings. The fourth-order valence-corrected chi connectivity index (χ4v) is 5.61. The van der Waals surface area contributed by atoms with Crippen LogP contribution in [0.3, 0.4) is 0 Å². The molecule has 4 aromatic rings. The average molecular weight is 438 g/mol. The number of nitrogens with one attached hydrogen (secondary N) is 2. The summed E-state index contributed by atoms with van der Waals surface area (Å²) < 4.78 is 3.11. The Balaban J connectivity index is 1.32. The monoisotopic (exact) mass is 437 g/mol. The SMILES string of the molecule is CCn1c2ccccc2c2cc(NC(=O)C(C)Sc3nnc(NC4CC4)s3)ccc21. The Kier molecular flexibility index (Phi) is 5.12. The maximum absolute atomic E-state index is 12.8. The maximum atomic E-state index is 12.8. The second-order valence-corrected chi connectivity index (χ2v) is 10.1. The van der Waals surface area contributed by atoms with Crippen LogP contribution in [0.4, 0.5) is 10.8 Å². The van der Waals surface area contributed by atoms with Gasteiger partial charge in [-0.05, 0) is 51.0 Å². The van der Waals surface area contributed by atoms with Gasteiger partial charge in [0.25, 0.3) is 0 Å². The molecule has 2 heterocycles. The Hall–Kier alpha value is -2.58. The molecule has 1 fully saturated rings. The Morgan fingerprint density at radius 3 is 2.80 bits per heavy atom. The van der Waals surface area contributed by atoms with Gasteiger partial charge >= 0.3 is 0 Å². The number of para-hydroxylation sites is 1. The highest BCUT2D eigenvalue weighted by molar-refractivity contribution is 8.02. The third-order valence-corrected chi connectivity index (χ3v) is 7.35. The van der Waals surface area contributed by atoms with Gasteiger partial charge in [-0.3, -0.25) is 4.79 Å². The molecule has 0 bridgehead atoms. The van der Waals surface area contributed by atoms with E-state index < -0.39 is 0 Å². The first-order valence-electron chi connectivity index (χ1n) is 10.2. The second-order valence-electron chi connectivity index (χ2n) is 7.53. The predicted molar refractivity (Wildman–Crippen MR) is 126 cm³/mol. The standard InChI is InChI=1S/C22H23N5OS2/c1-3-27-18-7-5-4-6-16(18)17-12-15(10-11-19(17)27)23-20(28)13(2)29-22-26-25-21(30-22)24-14-8-9-14/h4-7,10-14H,3,8-9H2,1-2H3,(H,23,28)(H,24,25). The normalized spacial score (nSPS) is 14.9. The summed E-state index contributed by atoms with van der Waals surface area (Å²) in [5, 5.41) is 17.7. The number of benzene rings is 2. The highest BCUT2D eigenvalue weighted by Gasteiger charge is 2.23. The van der Waals surface area contributed by atoms with Crippen molar-refractivity contribution in [2.75, 3.05) is 10.6 Å². The van der Waals surface area contributed by atoms with E-state index >= 15 is 0 Å². The van der Waals surface area contributed by atoms with Crippen LogP contribution in [-0.2, 0) is 11.3 Å². The largest absolute Gasteiger partial charge is 0.357 e. The van der Waals surface area contributed by atoms with Crippen molar-refractivity contribution in [3.05, 3.63) is 42.5 Å². The lowest BCUT2D eigenvalue weighted by molar-refractivity contribution is -0.115. The number of aryl methyl sites for hydroxylation is 1. The molecule has 2 aromatic carbocycles. The zero-order chi connectivity index (χ0) is 20.7. The molecule has 5 rings (SSSR count). The van der Waals surface area contributed by atoms with Gasteiger partial charge in [0.05, 0.1) is 5.25 Å². The fraction of sp³-hybridized carbons (Fsp3) is 0.318. The molecule has 0 radical (unpaired) electrons. The van der Waals surface area contributed by atoms with Crippen molar-refractivity contribution in [2.24, 2.45) is 0 Å². The summed E-state index contributed by atoms with van der Waals surface area (Å²) in [7, 11) is 0. The van der Waals surface area contributed by atoms with E-state index in [9.17, 15) is 4.79 Å². The summed E-state index contributed by atoms with van der Waals surface area (Å²) in [5.74, 6) is -0.0366. The molecule has 30 heavy (non-hydrogen) atoms. The van der Waals surface area contributed by atoms with Crippen LogP contribution in [0.15, 0.2) is 46.8 Å². The van der Waals surface area contributed by atoms with Crippen molar-refractivity contribution in [2.45, 2.75) is 48.9 Å². The molecule has 2 aromatic heterocycles. The highest BCUT2D eigenvalue weighted by atomic mass is 32.2. The molecular weight excluding hydrogens is 414 g/mol. The molecule has 6 nitrogen and oxygen atoms in total. The number of fused-ring (bicyclic) bond motifs is 3. The third-order valence-electron chi connectivity index (χ3n) is 5.31. The minimum absolute atomic E-state index is 0.0366. The van der Waals surface area contributed by atoms with E-state index in [2.05, 4.69) is 68.7 Å². The van der Waals surface area contributed by atoms with Gasteiger partial charge in [-0.2, -0.15) is 0 Å². The number of nitrogens with zero attached hydrogens (tertiary/aromatic N) is 3. The number of hydrogen-bond acceptors (Lipinski definition) is 6. The van der Waals surface area contributed by atoms with Gasteiger partial charge in [0, 0.05) is 40.1 Å². The summed E-state index contributed by atoms with van der Waals surface area (Å²) >= 11 is 2.95. The molecule has 1 amide bonds. The smallest absolute Gasteiger partial charge is 0.237 e. The van der Waals surface area contributed by atoms with E-state index in [-0.39, 0.29) is 11.2 Å². The quantitative estimate of drug-likeness (QED) is 0.381. The van der Waals surface area contributed by atoms with Crippen LogP contribution in [0.25, 0.3) is 21.8 Å². The number of anilines is 2. The third kappa shape index (κ3) is 3.77. The highest BCUT2D eigenvalue weighted by Crippen LogP contribution is 2.33. The molecule has 0 aliphatic heterocycles. The first-order valence-corrected chi connectivity index (χ1v) is 11.9. The molecule has 1 atom stereocenters. The number of amides is 1. The fourth-order valence-electron chi connectivity index (χ4n) is 3.64. The summed E-state index contributed by atoms with van der Waals surface area (Å²) in [5.41, 5.74) is 3.21. The van der Waals surface area contributed by atoms with Gasteiger partial charge < -0.3 is 15.2 Å². The van der Waals surface area contributed by atoms with Crippen LogP contribution in [-0.4, -0.2) is 32.0 Å². The van der Waals surface area contributed by atoms with E-state index in [0.717, 1.165) is 27.1 Å². The summed E-state index contributed by atoms with van der Waals surface area (Å²) in [6, 6.07) is 15.1. The number of thioether (sulfide) groups is 1. The van der Waals surface area contributed by atoms with Crippen molar-refractivity contribution in [3.63, 3.8) is 0 Å². The number of carbonyl (C=O) groups excluding carboxylic acids is 1. The molecule has 0 spiro atoms. The molecule has 8 heteroatoms. The van der Waals surface area contributed by atoms with Crippen molar-refractivity contribution >= 4 is 61.6 Å². The molecule has 1 saturated carbocycles. The zero-order valence-electron chi connectivity index (χ0n) is 16.9. The topological polar surface area (TPSA) is 71.8 Å². The van der Waals surface area contributed by atoms with Crippen molar-refractivity contribution in [1.82, 2.24) is 14.8 Å². The Morgan fingerprint density at radius 1 is 1.20 bits per heavy atom.